The van der Waals surface area contributed by atoms with Crippen molar-refractivity contribution in [2.75, 3.05) is 23.9 Å². The van der Waals surface area contributed by atoms with Crippen molar-refractivity contribution >= 4 is 45.4 Å². The summed E-state index contributed by atoms with van der Waals surface area (Å²) in [5.74, 6) is -0.549. The molecule has 0 bridgehead atoms. The third kappa shape index (κ3) is 5.47. The molecule has 1 atom stereocenters. The maximum Gasteiger partial charge on any atom is 0.316 e. The highest BCUT2D eigenvalue weighted by atomic mass is 79.9. The van der Waals surface area contributed by atoms with Crippen molar-refractivity contribution in [2.24, 2.45) is 5.73 Å². The number of primary amides is 1. The van der Waals surface area contributed by atoms with Crippen LogP contribution in [0.3, 0.4) is 0 Å². The maximum absolute atomic E-state index is 14.4. The number of hydrogen-bond acceptors (Lipinski definition) is 4. The zero-order chi connectivity index (χ0) is 19.1. The molecule has 0 fully saturated rings. The van der Waals surface area contributed by atoms with Crippen molar-refractivity contribution in [1.82, 2.24) is 0 Å². The van der Waals surface area contributed by atoms with Gasteiger partial charge in [-0.2, -0.15) is 0 Å². The lowest BCUT2D eigenvalue weighted by molar-refractivity contribution is -0.137. The first-order chi connectivity index (χ1) is 12.4. The highest BCUT2D eigenvalue weighted by Gasteiger charge is 2.22. The van der Waals surface area contributed by atoms with E-state index in [1.165, 1.54) is 24.9 Å². The third-order valence-corrected chi connectivity index (χ3v) is 5.16. The van der Waals surface area contributed by atoms with E-state index in [-0.39, 0.29) is 17.5 Å². The maximum atomic E-state index is 14.4. The van der Waals surface area contributed by atoms with E-state index in [4.69, 9.17) is 5.73 Å². The van der Waals surface area contributed by atoms with Crippen LogP contribution in [0, 0.1) is 5.82 Å². The van der Waals surface area contributed by atoms with Gasteiger partial charge in [0, 0.05) is 21.8 Å². The SMILES string of the molecule is COC(=O)CSCC(c1ccccc1F)c1cc(Br)ccc1NC(N)=O. The van der Waals surface area contributed by atoms with Crippen LogP contribution < -0.4 is 11.1 Å². The van der Waals surface area contributed by atoms with Gasteiger partial charge in [0.1, 0.15) is 5.82 Å². The van der Waals surface area contributed by atoms with Crippen molar-refractivity contribution < 1.29 is 18.7 Å². The first-order valence-electron chi connectivity index (χ1n) is 7.67. The predicted octanol–water partition coefficient (Wildman–Crippen LogP) is 4.12. The summed E-state index contributed by atoms with van der Waals surface area (Å²) >= 11 is 4.73. The standard InChI is InChI=1S/C18H18BrFN2O3S/c1-25-17(23)10-26-9-14(12-4-2-3-5-15(12)20)13-8-11(19)6-7-16(13)22-18(21)24/h2-8,14H,9-10H2,1H3,(H3,21,22,24). The molecule has 0 radical (unpaired) electrons. The number of carbonyl (C=O) groups excluding carboxylic acids is 2. The summed E-state index contributed by atoms with van der Waals surface area (Å²) in [6, 6.07) is 11.0. The monoisotopic (exact) mass is 440 g/mol. The Kier molecular flexibility index (Phi) is 7.47. The molecule has 2 amide bonds. The summed E-state index contributed by atoms with van der Waals surface area (Å²) in [4.78, 5) is 22.7. The molecule has 0 aliphatic carbocycles. The van der Waals surface area contributed by atoms with Gasteiger partial charge in [-0.1, -0.05) is 34.1 Å². The normalized spacial score (nSPS) is 11.7. The largest absolute Gasteiger partial charge is 0.468 e. The molecule has 3 N–H and O–H groups in total. The van der Waals surface area contributed by atoms with Crippen LogP contribution in [0.4, 0.5) is 14.9 Å². The topological polar surface area (TPSA) is 81.4 Å². The smallest absolute Gasteiger partial charge is 0.316 e. The molecule has 1 unspecified atom stereocenters. The van der Waals surface area contributed by atoms with Gasteiger partial charge >= 0.3 is 12.0 Å². The minimum absolute atomic E-state index is 0.147. The number of thioether (sulfide) groups is 1. The zero-order valence-electron chi connectivity index (χ0n) is 14.0. The molecule has 0 aromatic heterocycles. The van der Waals surface area contributed by atoms with E-state index in [1.54, 1.807) is 36.4 Å². The van der Waals surface area contributed by atoms with E-state index >= 15 is 0 Å². The molecule has 2 aromatic carbocycles. The Morgan fingerprint density at radius 1 is 1.27 bits per heavy atom. The molecule has 2 aromatic rings. The summed E-state index contributed by atoms with van der Waals surface area (Å²) in [6.07, 6.45) is 0. The van der Waals surface area contributed by atoms with Crippen LogP contribution in [0.1, 0.15) is 17.0 Å². The summed E-state index contributed by atoms with van der Waals surface area (Å²) in [6.45, 7) is 0. The Hall–Kier alpha value is -2.06. The fourth-order valence-electron chi connectivity index (χ4n) is 2.49. The van der Waals surface area contributed by atoms with E-state index in [0.717, 1.165) is 4.47 Å². The van der Waals surface area contributed by atoms with Crippen molar-refractivity contribution in [2.45, 2.75) is 5.92 Å². The van der Waals surface area contributed by atoms with Crippen LogP contribution in [0.25, 0.3) is 0 Å². The highest BCUT2D eigenvalue weighted by molar-refractivity contribution is 9.10. The van der Waals surface area contributed by atoms with Gasteiger partial charge in [-0.15, -0.1) is 11.8 Å². The average Bonchev–Trinajstić information content (AvgIpc) is 2.61. The fraction of sp³-hybridized carbons (Fsp3) is 0.222. The number of carbonyl (C=O) groups is 2. The molecule has 0 spiro atoms. The van der Waals surface area contributed by atoms with Crippen molar-refractivity contribution in [3.63, 3.8) is 0 Å². The minimum atomic E-state index is -0.705. The second-order valence-electron chi connectivity index (χ2n) is 5.39. The van der Waals surface area contributed by atoms with Crippen LogP contribution in [0.5, 0.6) is 0 Å². The highest BCUT2D eigenvalue weighted by Crippen LogP contribution is 2.36. The summed E-state index contributed by atoms with van der Waals surface area (Å²) in [7, 11) is 1.32. The number of halogens is 2. The second-order valence-corrected chi connectivity index (χ2v) is 7.33. The van der Waals surface area contributed by atoms with Crippen LogP contribution in [0.2, 0.25) is 0 Å². The number of hydrogen-bond donors (Lipinski definition) is 2. The van der Waals surface area contributed by atoms with Crippen LogP contribution in [-0.4, -0.2) is 30.6 Å². The van der Waals surface area contributed by atoms with Gasteiger partial charge in [-0.25, -0.2) is 9.18 Å². The number of nitrogens with one attached hydrogen (secondary N) is 1. The summed E-state index contributed by atoms with van der Waals surface area (Å²) in [5.41, 5.74) is 6.91. The first kappa shape index (κ1) is 20.3. The quantitative estimate of drug-likeness (QED) is 0.634. The lowest BCUT2D eigenvalue weighted by atomic mass is 9.91. The lowest BCUT2D eigenvalue weighted by Crippen LogP contribution is -2.21. The summed E-state index contributed by atoms with van der Waals surface area (Å²) < 4.78 is 19.9. The number of ether oxygens (including phenoxy) is 1. The van der Waals surface area contributed by atoms with Gasteiger partial charge in [0.2, 0.25) is 0 Å². The fourth-order valence-corrected chi connectivity index (χ4v) is 3.87. The number of methoxy groups -OCH3 is 1. The van der Waals surface area contributed by atoms with E-state index in [0.29, 0.717) is 22.6 Å². The van der Waals surface area contributed by atoms with E-state index in [2.05, 4.69) is 26.0 Å². The number of amides is 2. The lowest BCUT2D eigenvalue weighted by Gasteiger charge is -2.22. The molecule has 0 aliphatic heterocycles. The molecule has 5 nitrogen and oxygen atoms in total. The zero-order valence-corrected chi connectivity index (χ0v) is 16.4. The van der Waals surface area contributed by atoms with Crippen LogP contribution in [-0.2, 0) is 9.53 Å². The third-order valence-electron chi connectivity index (χ3n) is 3.66. The molecule has 0 aliphatic rings. The molecule has 8 heteroatoms. The molecule has 0 heterocycles. The Morgan fingerprint density at radius 2 is 2.00 bits per heavy atom. The van der Waals surface area contributed by atoms with E-state index < -0.39 is 11.9 Å². The molecule has 26 heavy (non-hydrogen) atoms. The van der Waals surface area contributed by atoms with Crippen LogP contribution in [0.15, 0.2) is 46.9 Å². The minimum Gasteiger partial charge on any atom is -0.468 e. The average molecular weight is 441 g/mol. The number of nitrogens with two attached hydrogens (primary N) is 1. The molecule has 2 rings (SSSR count). The molecular weight excluding hydrogens is 423 g/mol. The molecule has 0 saturated heterocycles. The molecule has 138 valence electrons. The Labute approximate surface area is 163 Å². The Bertz CT molecular complexity index is 804. The number of benzene rings is 2. The number of urea groups is 1. The second kappa shape index (κ2) is 9.59. The van der Waals surface area contributed by atoms with Gasteiger partial charge in [0.25, 0.3) is 0 Å². The van der Waals surface area contributed by atoms with Crippen molar-refractivity contribution in [3.05, 3.63) is 63.9 Å². The molecule has 0 saturated carbocycles. The number of rotatable bonds is 7. The van der Waals surface area contributed by atoms with Gasteiger partial charge in [0.15, 0.2) is 0 Å². The van der Waals surface area contributed by atoms with Crippen molar-refractivity contribution in [1.29, 1.82) is 0 Å². The van der Waals surface area contributed by atoms with Crippen LogP contribution >= 0.6 is 27.7 Å². The van der Waals surface area contributed by atoms with Gasteiger partial charge < -0.3 is 15.8 Å². The Morgan fingerprint density at radius 3 is 2.65 bits per heavy atom. The van der Waals surface area contributed by atoms with E-state index in [1.807, 2.05) is 0 Å². The van der Waals surface area contributed by atoms with E-state index in [9.17, 15) is 14.0 Å². The summed E-state index contributed by atoms with van der Waals surface area (Å²) in [5, 5.41) is 2.58. The molecular formula is C18H18BrFN2O3S. The van der Waals surface area contributed by atoms with Crippen molar-refractivity contribution in [3.8, 4) is 0 Å². The Balaban J connectivity index is 2.43. The first-order valence-corrected chi connectivity index (χ1v) is 9.62. The predicted molar refractivity (Wildman–Crippen MR) is 105 cm³/mol. The number of anilines is 1. The van der Waals surface area contributed by atoms with Gasteiger partial charge in [-0.3, -0.25) is 4.79 Å². The van der Waals surface area contributed by atoms with Gasteiger partial charge in [-0.05, 0) is 35.4 Å². The van der Waals surface area contributed by atoms with Gasteiger partial charge in [0.05, 0.1) is 12.9 Å². The number of esters is 1.